The number of aromatic amines is 1. The summed E-state index contributed by atoms with van der Waals surface area (Å²) in [5, 5.41) is 0. The third-order valence-corrected chi connectivity index (χ3v) is 23.5. The number of thiazole rings is 1. The summed E-state index contributed by atoms with van der Waals surface area (Å²) < 4.78 is 7.31. The van der Waals surface area contributed by atoms with E-state index in [1.165, 1.54) is 51.8 Å². The zero-order chi connectivity index (χ0) is 14.1. The van der Waals surface area contributed by atoms with Crippen molar-refractivity contribution in [1.82, 2.24) is 4.98 Å². The van der Waals surface area contributed by atoms with Crippen molar-refractivity contribution in [2.75, 3.05) is 0 Å². The average Bonchev–Trinajstić information content (AvgIpc) is 2.85. The third kappa shape index (κ3) is 5.50. The van der Waals surface area contributed by atoms with Crippen LogP contribution < -0.4 is 2.89 Å². The summed E-state index contributed by atoms with van der Waals surface area (Å²) in [6, 6.07) is 0. The zero-order valence-electron chi connectivity index (χ0n) is 12.8. The van der Waals surface area contributed by atoms with Crippen molar-refractivity contribution in [2.45, 2.75) is 72.6 Å². The number of unbranched alkanes of at least 4 members (excludes halogenated alkanes) is 3. The summed E-state index contributed by atoms with van der Waals surface area (Å²) in [5.74, 6) is 0. The second-order valence-electron chi connectivity index (χ2n) is 5.63. The summed E-state index contributed by atoms with van der Waals surface area (Å²) in [6.07, 6.45) is 10.6. The molecule has 1 N–H and O–H groups in total. The molecule has 0 unspecified atom stereocenters. The molecule has 0 saturated carbocycles. The summed E-state index contributed by atoms with van der Waals surface area (Å²) in [7, 11) is 0. The van der Waals surface area contributed by atoms with Crippen LogP contribution in [0.2, 0.25) is 13.3 Å². The minimum absolute atomic E-state index is 0.987. The second kappa shape index (κ2) is 9.56. The first-order chi connectivity index (χ1) is 9.18. The van der Waals surface area contributed by atoms with Gasteiger partial charge in [-0.2, -0.15) is 0 Å². The number of aromatic nitrogens is 1. The first-order valence-electron chi connectivity index (χ1n) is 7.87. The van der Waals surface area contributed by atoms with Crippen molar-refractivity contribution in [3.63, 3.8) is 0 Å². The number of nitrogens with one attached hydrogen (secondary N) is 1. The van der Waals surface area contributed by atoms with Crippen LogP contribution in [0, 0.1) is 3.95 Å². The summed E-state index contributed by atoms with van der Waals surface area (Å²) in [5.41, 5.74) is 0. The summed E-state index contributed by atoms with van der Waals surface area (Å²) in [4.78, 5) is 3.29. The van der Waals surface area contributed by atoms with Crippen molar-refractivity contribution in [2.24, 2.45) is 0 Å². The normalized spacial score (nSPS) is 11.9. The fourth-order valence-corrected chi connectivity index (χ4v) is 23.4. The Morgan fingerprint density at radius 2 is 1.47 bits per heavy atom. The van der Waals surface area contributed by atoms with E-state index in [1.54, 1.807) is 2.89 Å². The molecule has 1 aromatic heterocycles. The van der Waals surface area contributed by atoms with E-state index < -0.39 is 18.4 Å². The first kappa shape index (κ1) is 17.7. The maximum absolute atomic E-state index is 5.34. The summed E-state index contributed by atoms with van der Waals surface area (Å²) >= 11 is 5.08. The van der Waals surface area contributed by atoms with Crippen LogP contribution in [-0.2, 0) is 0 Å². The van der Waals surface area contributed by atoms with Gasteiger partial charge in [-0.05, 0) is 0 Å². The van der Waals surface area contributed by atoms with Crippen LogP contribution in [-0.4, -0.2) is 23.4 Å². The van der Waals surface area contributed by atoms with E-state index >= 15 is 0 Å². The number of H-pyrrole nitrogens is 1. The molecule has 0 amide bonds. The SMILES string of the molecule is CCC[CH2][Sn]([CH2]CCC)([CH2]CCC)[c]1c[nH]c(=S)s1. The van der Waals surface area contributed by atoms with E-state index in [1.807, 2.05) is 11.3 Å². The van der Waals surface area contributed by atoms with Gasteiger partial charge in [0.25, 0.3) is 0 Å². The van der Waals surface area contributed by atoms with Crippen LogP contribution in [0.5, 0.6) is 0 Å². The average molecular weight is 406 g/mol. The minimum atomic E-state index is -2.15. The third-order valence-electron chi connectivity index (χ3n) is 4.07. The number of hydrogen-bond acceptors (Lipinski definition) is 2. The van der Waals surface area contributed by atoms with Crippen LogP contribution in [0.25, 0.3) is 0 Å². The van der Waals surface area contributed by atoms with E-state index in [4.69, 9.17) is 12.2 Å². The molecule has 0 radical (unpaired) electrons. The molecule has 0 saturated heterocycles. The van der Waals surface area contributed by atoms with Gasteiger partial charge in [0.1, 0.15) is 0 Å². The zero-order valence-corrected chi connectivity index (χ0v) is 17.2. The molecule has 110 valence electrons. The molecular formula is C15H29NS2Sn. The molecule has 0 fully saturated rings. The van der Waals surface area contributed by atoms with Gasteiger partial charge in [-0.25, -0.2) is 0 Å². The monoisotopic (exact) mass is 407 g/mol. The Bertz CT molecular complexity index is 375. The van der Waals surface area contributed by atoms with Gasteiger partial charge in [-0.15, -0.1) is 0 Å². The first-order valence-corrected chi connectivity index (χ1v) is 16.6. The van der Waals surface area contributed by atoms with Gasteiger partial charge in [-0.3, -0.25) is 0 Å². The fourth-order valence-electron chi connectivity index (χ4n) is 2.83. The van der Waals surface area contributed by atoms with Gasteiger partial charge >= 0.3 is 133 Å². The molecule has 1 nitrogen and oxygen atoms in total. The Morgan fingerprint density at radius 3 is 1.79 bits per heavy atom. The van der Waals surface area contributed by atoms with E-state index in [-0.39, 0.29) is 0 Å². The Morgan fingerprint density at radius 1 is 1.00 bits per heavy atom. The van der Waals surface area contributed by atoms with Crippen LogP contribution in [0.4, 0.5) is 0 Å². The van der Waals surface area contributed by atoms with Crippen LogP contribution >= 0.6 is 23.6 Å². The van der Waals surface area contributed by atoms with Crippen molar-refractivity contribution in [3.05, 3.63) is 10.2 Å². The van der Waals surface area contributed by atoms with Crippen molar-refractivity contribution < 1.29 is 0 Å². The van der Waals surface area contributed by atoms with Gasteiger partial charge in [-0.1, -0.05) is 0 Å². The molecule has 0 aliphatic carbocycles. The maximum atomic E-state index is 5.34. The van der Waals surface area contributed by atoms with Crippen molar-refractivity contribution >= 4 is 44.8 Å². The van der Waals surface area contributed by atoms with Gasteiger partial charge in [0.05, 0.1) is 0 Å². The Labute approximate surface area is 132 Å². The topological polar surface area (TPSA) is 15.8 Å². The molecule has 0 aliphatic heterocycles. The quantitative estimate of drug-likeness (QED) is 0.380. The molecule has 19 heavy (non-hydrogen) atoms. The molecule has 0 bridgehead atoms. The van der Waals surface area contributed by atoms with Crippen LogP contribution in [0.1, 0.15) is 59.3 Å². The fraction of sp³-hybridized carbons (Fsp3) is 0.800. The van der Waals surface area contributed by atoms with Gasteiger partial charge < -0.3 is 0 Å². The molecule has 0 aliphatic rings. The molecule has 4 heteroatoms. The van der Waals surface area contributed by atoms with Crippen molar-refractivity contribution in [3.8, 4) is 0 Å². The van der Waals surface area contributed by atoms with E-state index in [9.17, 15) is 0 Å². The predicted molar refractivity (Wildman–Crippen MR) is 94.0 cm³/mol. The van der Waals surface area contributed by atoms with E-state index in [2.05, 4.69) is 32.0 Å². The Hall–Kier alpha value is 0.649. The Kier molecular flexibility index (Phi) is 8.91. The van der Waals surface area contributed by atoms with Gasteiger partial charge in [0.2, 0.25) is 0 Å². The molecule has 0 spiro atoms. The van der Waals surface area contributed by atoms with Crippen molar-refractivity contribution in [1.29, 1.82) is 0 Å². The van der Waals surface area contributed by atoms with Crippen LogP contribution in [0.15, 0.2) is 6.20 Å². The molecule has 1 rings (SSSR count). The molecular weight excluding hydrogens is 377 g/mol. The second-order valence-corrected chi connectivity index (χ2v) is 21.5. The van der Waals surface area contributed by atoms with Gasteiger partial charge in [0, 0.05) is 0 Å². The molecule has 1 aromatic rings. The summed E-state index contributed by atoms with van der Waals surface area (Å²) in [6.45, 7) is 6.99. The molecule has 1 heterocycles. The van der Waals surface area contributed by atoms with Crippen LogP contribution in [0.3, 0.4) is 0 Å². The predicted octanol–water partition coefficient (Wildman–Crippen LogP) is 5.86. The van der Waals surface area contributed by atoms with E-state index in [0.717, 1.165) is 3.95 Å². The van der Waals surface area contributed by atoms with Gasteiger partial charge in [0.15, 0.2) is 0 Å². The molecule has 0 atom stereocenters. The van der Waals surface area contributed by atoms with E-state index in [0.29, 0.717) is 0 Å². The number of hydrogen-bond donors (Lipinski definition) is 1. The Balaban J connectivity index is 2.97. The molecule has 0 aromatic carbocycles. The standard InChI is InChI=1S/3C4H9.C3H2NS2.Sn/c3*1-3-4-2;5-3-4-1-2-6-3;/h3*1,3-4H2,2H3;1H,(H,4,5);. The number of rotatable bonds is 10.